The van der Waals surface area contributed by atoms with Crippen molar-refractivity contribution in [3.8, 4) is 11.5 Å². The van der Waals surface area contributed by atoms with Crippen molar-refractivity contribution in [3.05, 3.63) is 114 Å². The Hall–Kier alpha value is -4.58. The Morgan fingerprint density at radius 2 is 1.47 bits per heavy atom. The SMILES string of the molecule is COc1ccc(CCN(Cc2c3ccccc3cc3ccccc23)C(=O)Nc2cccc(F)c2)cc1OC. The van der Waals surface area contributed by atoms with E-state index in [1.807, 2.05) is 42.5 Å². The van der Waals surface area contributed by atoms with Gasteiger partial charge in [-0.1, -0.05) is 60.7 Å². The molecule has 0 saturated carbocycles. The van der Waals surface area contributed by atoms with E-state index in [1.54, 1.807) is 31.3 Å². The highest BCUT2D eigenvalue weighted by atomic mass is 19.1. The Bertz CT molecular complexity index is 1550. The molecule has 1 N–H and O–H groups in total. The third-order valence-corrected chi connectivity index (χ3v) is 6.71. The largest absolute Gasteiger partial charge is 0.493 e. The van der Waals surface area contributed by atoms with E-state index in [1.165, 1.54) is 12.1 Å². The summed E-state index contributed by atoms with van der Waals surface area (Å²) >= 11 is 0. The number of urea groups is 1. The lowest BCUT2D eigenvalue weighted by Crippen LogP contribution is -2.36. The Morgan fingerprint density at radius 3 is 2.13 bits per heavy atom. The van der Waals surface area contributed by atoms with Gasteiger partial charge in [0.1, 0.15) is 5.82 Å². The summed E-state index contributed by atoms with van der Waals surface area (Å²) < 4.78 is 24.7. The molecule has 0 aromatic heterocycles. The van der Waals surface area contributed by atoms with Gasteiger partial charge >= 0.3 is 6.03 Å². The van der Waals surface area contributed by atoms with Crippen LogP contribution < -0.4 is 14.8 Å². The van der Waals surface area contributed by atoms with Crippen LogP contribution in [-0.2, 0) is 13.0 Å². The molecule has 38 heavy (non-hydrogen) atoms. The van der Waals surface area contributed by atoms with Gasteiger partial charge in [0.25, 0.3) is 0 Å². The molecule has 0 atom stereocenters. The Balaban J connectivity index is 1.50. The number of nitrogens with one attached hydrogen (secondary N) is 1. The van der Waals surface area contributed by atoms with Crippen LogP contribution in [0.15, 0.2) is 97.1 Å². The number of benzene rings is 5. The number of hydrogen-bond acceptors (Lipinski definition) is 3. The molecule has 5 aromatic carbocycles. The van der Waals surface area contributed by atoms with Crippen LogP contribution in [0.25, 0.3) is 21.5 Å². The summed E-state index contributed by atoms with van der Waals surface area (Å²) in [6.07, 6.45) is 0.597. The van der Waals surface area contributed by atoms with Crippen LogP contribution in [0, 0.1) is 5.82 Å². The number of methoxy groups -OCH3 is 2. The van der Waals surface area contributed by atoms with Crippen molar-refractivity contribution in [2.24, 2.45) is 0 Å². The minimum Gasteiger partial charge on any atom is -0.493 e. The first kappa shape index (κ1) is 25.1. The molecule has 0 saturated heterocycles. The molecule has 0 radical (unpaired) electrons. The monoisotopic (exact) mass is 508 g/mol. The number of carbonyl (C=O) groups is 1. The van der Waals surface area contributed by atoms with E-state index < -0.39 is 5.82 Å². The van der Waals surface area contributed by atoms with E-state index in [0.717, 1.165) is 32.7 Å². The van der Waals surface area contributed by atoms with Crippen LogP contribution in [-0.4, -0.2) is 31.7 Å². The molecule has 0 unspecified atom stereocenters. The summed E-state index contributed by atoms with van der Waals surface area (Å²) in [5.74, 6) is 0.889. The molecule has 0 aliphatic rings. The third-order valence-electron chi connectivity index (χ3n) is 6.71. The van der Waals surface area contributed by atoms with E-state index in [0.29, 0.717) is 36.7 Å². The van der Waals surface area contributed by atoms with Crippen molar-refractivity contribution in [2.75, 3.05) is 26.1 Å². The standard InChI is InChI=1S/C32H29FN2O3/c1-37-30-15-14-22(18-31(30)38-2)16-17-35(32(36)34-26-11-7-10-25(33)20-26)21-29-27-12-5-3-8-23(27)19-24-9-4-6-13-28(24)29/h3-15,18-20H,16-17,21H2,1-2H3,(H,34,36). The first-order valence-electron chi connectivity index (χ1n) is 12.5. The molecule has 0 aliphatic heterocycles. The highest BCUT2D eigenvalue weighted by molar-refractivity contribution is 6.02. The first-order valence-corrected chi connectivity index (χ1v) is 12.5. The van der Waals surface area contributed by atoms with Gasteiger partial charge in [-0.3, -0.25) is 0 Å². The molecule has 0 spiro atoms. The highest BCUT2D eigenvalue weighted by Gasteiger charge is 2.18. The van der Waals surface area contributed by atoms with Crippen LogP contribution in [0.4, 0.5) is 14.9 Å². The van der Waals surface area contributed by atoms with Crippen molar-refractivity contribution in [1.82, 2.24) is 4.90 Å². The summed E-state index contributed by atoms with van der Waals surface area (Å²) in [6, 6.07) is 30.0. The Kier molecular flexibility index (Phi) is 7.40. The zero-order chi connectivity index (χ0) is 26.5. The summed E-state index contributed by atoms with van der Waals surface area (Å²) in [4.78, 5) is 15.4. The van der Waals surface area contributed by atoms with Crippen LogP contribution in [0.2, 0.25) is 0 Å². The van der Waals surface area contributed by atoms with Crippen molar-refractivity contribution in [1.29, 1.82) is 0 Å². The van der Waals surface area contributed by atoms with Crippen molar-refractivity contribution < 1.29 is 18.7 Å². The highest BCUT2D eigenvalue weighted by Crippen LogP contribution is 2.31. The van der Waals surface area contributed by atoms with Crippen LogP contribution >= 0.6 is 0 Å². The third kappa shape index (κ3) is 5.39. The molecule has 6 heteroatoms. The quantitative estimate of drug-likeness (QED) is 0.222. The van der Waals surface area contributed by atoms with Crippen molar-refractivity contribution in [3.63, 3.8) is 0 Å². The number of amides is 2. The average Bonchev–Trinajstić information content (AvgIpc) is 2.94. The number of hydrogen-bond donors (Lipinski definition) is 1. The van der Waals surface area contributed by atoms with Crippen LogP contribution in [0.5, 0.6) is 11.5 Å². The summed E-state index contributed by atoms with van der Waals surface area (Å²) in [5.41, 5.74) is 2.49. The lowest BCUT2D eigenvalue weighted by atomic mass is 9.96. The Labute approximate surface area is 221 Å². The van der Waals surface area contributed by atoms with Crippen molar-refractivity contribution >= 4 is 33.3 Å². The molecular weight excluding hydrogens is 479 g/mol. The molecule has 0 fully saturated rings. The maximum atomic E-state index is 13.8. The van der Waals surface area contributed by atoms with E-state index in [9.17, 15) is 9.18 Å². The van der Waals surface area contributed by atoms with Gasteiger partial charge in [0.05, 0.1) is 14.2 Å². The molecular formula is C32H29FN2O3. The second-order valence-electron chi connectivity index (χ2n) is 9.10. The van der Waals surface area contributed by atoms with Gasteiger partial charge < -0.3 is 19.7 Å². The van der Waals surface area contributed by atoms with Gasteiger partial charge in [0, 0.05) is 18.8 Å². The zero-order valence-corrected chi connectivity index (χ0v) is 21.4. The van der Waals surface area contributed by atoms with Gasteiger partial charge in [0.2, 0.25) is 0 Å². The number of carbonyl (C=O) groups excluding carboxylic acids is 1. The molecule has 5 nitrogen and oxygen atoms in total. The predicted octanol–water partition coefficient (Wildman–Crippen LogP) is 7.43. The van der Waals surface area contributed by atoms with Gasteiger partial charge in [-0.15, -0.1) is 0 Å². The number of anilines is 1. The number of ether oxygens (including phenoxy) is 2. The lowest BCUT2D eigenvalue weighted by Gasteiger charge is -2.25. The second-order valence-corrected chi connectivity index (χ2v) is 9.10. The van der Waals surface area contributed by atoms with E-state index in [2.05, 4.69) is 35.6 Å². The number of fused-ring (bicyclic) bond motifs is 2. The van der Waals surface area contributed by atoms with Gasteiger partial charge in [-0.05, 0) is 75.5 Å². The molecule has 5 aromatic rings. The number of nitrogens with zero attached hydrogens (tertiary/aromatic N) is 1. The maximum absolute atomic E-state index is 13.8. The van der Waals surface area contributed by atoms with Gasteiger partial charge in [-0.25, -0.2) is 9.18 Å². The minimum absolute atomic E-state index is 0.298. The smallest absolute Gasteiger partial charge is 0.322 e. The number of rotatable bonds is 8. The van der Waals surface area contributed by atoms with E-state index >= 15 is 0 Å². The molecule has 0 heterocycles. The van der Waals surface area contributed by atoms with Crippen LogP contribution in [0.3, 0.4) is 0 Å². The maximum Gasteiger partial charge on any atom is 0.322 e. The topological polar surface area (TPSA) is 50.8 Å². The molecule has 5 rings (SSSR count). The van der Waals surface area contributed by atoms with E-state index in [4.69, 9.17) is 9.47 Å². The van der Waals surface area contributed by atoms with Gasteiger partial charge in [-0.2, -0.15) is 0 Å². The molecule has 0 aliphatic carbocycles. The second kappa shape index (κ2) is 11.2. The van der Waals surface area contributed by atoms with Crippen molar-refractivity contribution in [2.45, 2.75) is 13.0 Å². The Morgan fingerprint density at radius 1 is 0.789 bits per heavy atom. The van der Waals surface area contributed by atoms with Gasteiger partial charge in [0.15, 0.2) is 11.5 Å². The fourth-order valence-corrected chi connectivity index (χ4v) is 4.79. The summed E-state index contributed by atoms with van der Waals surface area (Å²) in [5, 5.41) is 7.31. The minimum atomic E-state index is -0.403. The molecule has 2 amide bonds. The fraction of sp³-hybridized carbons (Fsp3) is 0.156. The zero-order valence-electron chi connectivity index (χ0n) is 21.4. The lowest BCUT2D eigenvalue weighted by molar-refractivity contribution is 0.210. The predicted molar refractivity (Wildman–Crippen MR) is 151 cm³/mol. The summed E-state index contributed by atoms with van der Waals surface area (Å²) in [6.45, 7) is 0.824. The van der Waals surface area contributed by atoms with E-state index in [-0.39, 0.29) is 6.03 Å². The molecule has 192 valence electrons. The first-order chi connectivity index (χ1) is 18.6. The normalized spacial score (nSPS) is 10.9. The number of halogens is 1. The van der Waals surface area contributed by atoms with Crippen LogP contribution in [0.1, 0.15) is 11.1 Å². The fourth-order valence-electron chi connectivity index (χ4n) is 4.79. The molecule has 0 bridgehead atoms. The average molecular weight is 509 g/mol. The summed E-state index contributed by atoms with van der Waals surface area (Å²) in [7, 11) is 3.20.